The van der Waals surface area contributed by atoms with E-state index >= 15 is 0 Å². The second-order valence-corrected chi connectivity index (χ2v) is 7.58. The molecule has 128 valence electrons. The van der Waals surface area contributed by atoms with E-state index in [1.807, 2.05) is 18.0 Å². The minimum Gasteiger partial charge on any atom is -0.355 e. The van der Waals surface area contributed by atoms with Gasteiger partial charge in [-0.25, -0.2) is 0 Å². The molecule has 1 aliphatic heterocycles. The highest BCUT2D eigenvalue weighted by Gasteiger charge is 2.28. The number of thiophene rings is 1. The number of rotatable bonds is 4. The van der Waals surface area contributed by atoms with Gasteiger partial charge in [0.2, 0.25) is 5.91 Å². The van der Waals surface area contributed by atoms with E-state index in [1.54, 1.807) is 17.4 Å². The molecule has 1 saturated heterocycles. The topological polar surface area (TPSA) is 49.3 Å². The van der Waals surface area contributed by atoms with Crippen LogP contribution in [0.1, 0.15) is 23.3 Å². The number of aryl methyl sites for hydroxylation is 1. The number of carbonyl (C=O) groups excluding carboxylic acids is 1. The number of aromatic nitrogens is 2. The van der Waals surface area contributed by atoms with Gasteiger partial charge < -0.3 is 9.80 Å². The summed E-state index contributed by atoms with van der Waals surface area (Å²) >= 11 is 7.49. The van der Waals surface area contributed by atoms with Crippen LogP contribution in [0, 0.1) is 12.8 Å². The molecule has 0 atom stereocenters. The Morgan fingerprint density at radius 3 is 2.67 bits per heavy atom. The molecule has 0 aromatic carbocycles. The highest BCUT2D eigenvalue weighted by Crippen LogP contribution is 2.25. The van der Waals surface area contributed by atoms with E-state index in [2.05, 4.69) is 33.5 Å². The van der Waals surface area contributed by atoms with Crippen molar-refractivity contribution in [2.24, 2.45) is 5.92 Å². The van der Waals surface area contributed by atoms with Crippen molar-refractivity contribution in [1.82, 2.24) is 15.1 Å². The van der Waals surface area contributed by atoms with Crippen LogP contribution in [0.3, 0.4) is 0 Å². The minimum absolute atomic E-state index is 0.0896. The van der Waals surface area contributed by atoms with Gasteiger partial charge >= 0.3 is 0 Å². The third kappa shape index (κ3) is 3.87. The van der Waals surface area contributed by atoms with Crippen LogP contribution < -0.4 is 4.90 Å². The predicted molar refractivity (Wildman–Crippen MR) is 97.5 cm³/mol. The Bertz CT molecular complexity index is 695. The summed E-state index contributed by atoms with van der Waals surface area (Å²) < 4.78 is 0. The van der Waals surface area contributed by atoms with Crippen molar-refractivity contribution in [3.05, 3.63) is 39.2 Å². The number of hydrogen-bond donors (Lipinski definition) is 0. The first kappa shape index (κ1) is 17.2. The molecule has 0 radical (unpaired) electrons. The molecule has 5 nitrogen and oxygen atoms in total. The molecule has 1 amide bonds. The van der Waals surface area contributed by atoms with Crippen molar-refractivity contribution < 1.29 is 4.79 Å². The summed E-state index contributed by atoms with van der Waals surface area (Å²) in [7, 11) is 1.90. The highest BCUT2D eigenvalue weighted by molar-refractivity contribution is 7.10. The SMILES string of the molecule is Cc1ccsc1CN(C)C(=O)C1CCN(c2ccc(Cl)nn2)CC1. The van der Waals surface area contributed by atoms with E-state index in [1.165, 1.54) is 10.4 Å². The summed E-state index contributed by atoms with van der Waals surface area (Å²) in [6, 6.07) is 5.73. The minimum atomic E-state index is 0.0896. The normalized spacial score (nSPS) is 15.5. The summed E-state index contributed by atoms with van der Waals surface area (Å²) in [6.07, 6.45) is 1.69. The van der Waals surface area contributed by atoms with Crippen LogP contribution in [-0.4, -0.2) is 41.1 Å². The molecule has 2 aromatic rings. The van der Waals surface area contributed by atoms with Gasteiger partial charge in [0.1, 0.15) is 0 Å². The quantitative estimate of drug-likeness (QED) is 0.834. The Morgan fingerprint density at radius 2 is 2.08 bits per heavy atom. The van der Waals surface area contributed by atoms with Crippen LogP contribution in [-0.2, 0) is 11.3 Å². The monoisotopic (exact) mass is 364 g/mol. The van der Waals surface area contributed by atoms with Crippen molar-refractivity contribution in [2.45, 2.75) is 26.3 Å². The van der Waals surface area contributed by atoms with Crippen molar-refractivity contribution in [2.75, 3.05) is 25.0 Å². The molecule has 3 rings (SSSR count). The lowest BCUT2D eigenvalue weighted by atomic mass is 9.95. The molecule has 7 heteroatoms. The lowest BCUT2D eigenvalue weighted by molar-refractivity contribution is -0.135. The number of piperidine rings is 1. The third-order valence-corrected chi connectivity index (χ3v) is 5.72. The Morgan fingerprint density at radius 1 is 1.33 bits per heavy atom. The van der Waals surface area contributed by atoms with E-state index in [-0.39, 0.29) is 11.8 Å². The molecule has 0 N–H and O–H groups in total. The maximum absolute atomic E-state index is 12.7. The van der Waals surface area contributed by atoms with Gasteiger partial charge in [0.25, 0.3) is 0 Å². The van der Waals surface area contributed by atoms with Crippen LogP contribution in [0.25, 0.3) is 0 Å². The largest absolute Gasteiger partial charge is 0.355 e. The second kappa shape index (κ2) is 7.49. The van der Waals surface area contributed by atoms with Gasteiger partial charge in [-0.15, -0.1) is 21.5 Å². The van der Waals surface area contributed by atoms with Crippen molar-refractivity contribution in [3.63, 3.8) is 0 Å². The smallest absolute Gasteiger partial charge is 0.225 e. The van der Waals surface area contributed by atoms with Crippen LogP contribution in [0.15, 0.2) is 23.6 Å². The van der Waals surface area contributed by atoms with Crippen molar-refractivity contribution in [1.29, 1.82) is 0 Å². The van der Waals surface area contributed by atoms with Crippen molar-refractivity contribution in [3.8, 4) is 0 Å². The standard InChI is InChI=1S/C17H21ClN4OS/c1-12-7-10-24-14(12)11-21(2)17(23)13-5-8-22(9-6-13)16-4-3-15(18)19-20-16/h3-4,7,10,13H,5-6,8-9,11H2,1-2H3. The molecule has 1 aliphatic rings. The highest BCUT2D eigenvalue weighted by atomic mass is 35.5. The number of anilines is 1. The molecular weight excluding hydrogens is 344 g/mol. The number of amides is 1. The van der Waals surface area contributed by atoms with Crippen LogP contribution in [0.2, 0.25) is 5.15 Å². The maximum Gasteiger partial charge on any atom is 0.225 e. The first-order chi connectivity index (χ1) is 11.5. The van der Waals surface area contributed by atoms with E-state index in [0.29, 0.717) is 11.7 Å². The molecule has 24 heavy (non-hydrogen) atoms. The predicted octanol–water partition coefficient (Wildman–Crippen LogP) is 3.37. The molecule has 0 saturated carbocycles. The Kier molecular flexibility index (Phi) is 5.36. The summed E-state index contributed by atoms with van der Waals surface area (Å²) in [5, 5.41) is 10.5. The van der Waals surface area contributed by atoms with E-state index in [0.717, 1.165) is 31.7 Å². The Balaban J connectivity index is 1.54. The molecule has 3 heterocycles. The van der Waals surface area contributed by atoms with Gasteiger partial charge in [-0.2, -0.15) is 0 Å². The maximum atomic E-state index is 12.7. The number of halogens is 1. The lowest BCUT2D eigenvalue weighted by Gasteiger charge is -2.33. The number of nitrogens with zero attached hydrogens (tertiary/aromatic N) is 4. The average molecular weight is 365 g/mol. The fraction of sp³-hybridized carbons (Fsp3) is 0.471. The molecule has 0 spiro atoms. The Hall–Kier alpha value is -1.66. The van der Waals surface area contributed by atoms with Gasteiger partial charge in [-0.3, -0.25) is 4.79 Å². The number of hydrogen-bond acceptors (Lipinski definition) is 5. The lowest BCUT2D eigenvalue weighted by Crippen LogP contribution is -2.41. The van der Waals surface area contributed by atoms with E-state index in [4.69, 9.17) is 11.6 Å². The molecule has 0 unspecified atom stereocenters. The molecule has 0 bridgehead atoms. The summed E-state index contributed by atoms with van der Waals surface area (Å²) in [5.41, 5.74) is 1.26. The molecular formula is C17H21ClN4OS. The van der Waals surface area contributed by atoms with Gasteiger partial charge in [0.15, 0.2) is 11.0 Å². The molecule has 0 aliphatic carbocycles. The Labute approximate surface area is 151 Å². The molecule has 2 aromatic heterocycles. The van der Waals surface area contributed by atoms with Gasteiger partial charge in [0.05, 0.1) is 6.54 Å². The van der Waals surface area contributed by atoms with Gasteiger partial charge in [-0.05, 0) is 48.9 Å². The van der Waals surface area contributed by atoms with Gasteiger partial charge in [0, 0.05) is 30.9 Å². The fourth-order valence-corrected chi connectivity index (χ4v) is 4.06. The van der Waals surface area contributed by atoms with E-state index in [9.17, 15) is 4.79 Å². The third-order valence-electron chi connectivity index (χ3n) is 4.51. The fourth-order valence-electron chi connectivity index (χ4n) is 3.00. The summed E-state index contributed by atoms with van der Waals surface area (Å²) in [6.45, 7) is 4.43. The zero-order valence-corrected chi connectivity index (χ0v) is 15.5. The zero-order chi connectivity index (χ0) is 17.1. The second-order valence-electron chi connectivity index (χ2n) is 6.20. The zero-order valence-electron chi connectivity index (χ0n) is 13.9. The van der Waals surface area contributed by atoms with Crippen LogP contribution >= 0.6 is 22.9 Å². The van der Waals surface area contributed by atoms with Gasteiger partial charge in [-0.1, -0.05) is 11.6 Å². The van der Waals surface area contributed by atoms with Crippen molar-refractivity contribution >= 4 is 34.7 Å². The average Bonchev–Trinajstić information content (AvgIpc) is 3.00. The van der Waals surface area contributed by atoms with E-state index < -0.39 is 0 Å². The summed E-state index contributed by atoms with van der Waals surface area (Å²) in [4.78, 5) is 18.0. The number of carbonyl (C=O) groups is 1. The first-order valence-electron chi connectivity index (χ1n) is 8.06. The molecule has 1 fully saturated rings. The summed E-state index contributed by atoms with van der Waals surface area (Å²) in [5.74, 6) is 1.16. The van der Waals surface area contributed by atoms with Crippen LogP contribution in [0.4, 0.5) is 5.82 Å². The van der Waals surface area contributed by atoms with Crippen LogP contribution in [0.5, 0.6) is 0 Å². The first-order valence-corrected chi connectivity index (χ1v) is 9.32.